The van der Waals surface area contributed by atoms with Crippen molar-refractivity contribution in [3.63, 3.8) is 0 Å². The standard InChI is InChI=1S/C27H29ClN2O2/c1-19-13-14-22(15-20(19)2)17-26(31)30(18-23-11-7-8-12-24(23)28)25(27(32)29-3)16-21-9-5-4-6-10-21/h4-15,25H,16-18H2,1-3H3,(H,29,32)/t25-/m0/s1. The van der Waals surface area contributed by atoms with Gasteiger partial charge in [0.2, 0.25) is 11.8 Å². The van der Waals surface area contributed by atoms with Crippen molar-refractivity contribution in [2.24, 2.45) is 0 Å². The number of aryl methyl sites for hydroxylation is 2. The molecule has 166 valence electrons. The predicted octanol–water partition coefficient (Wildman–Crippen LogP) is 4.89. The Hall–Kier alpha value is -3.11. The molecule has 0 aliphatic carbocycles. The molecule has 32 heavy (non-hydrogen) atoms. The molecule has 0 bridgehead atoms. The third-order valence-electron chi connectivity index (χ3n) is 5.74. The van der Waals surface area contributed by atoms with E-state index < -0.39 is 6.04 Å². The van der Waals surface area contributed by atoms with E-state index in [0.29, 0.717) is 11.4 Å². The van der Waals surface area contributed by atoms with Crippen LogP contribution in [0.25, 0.3) is 0 Å². The Morgan fingerprint density at radius 2 is 1.59 bits per heavy atom. The third-order valence-corrected chi connectivity index (χ3v) is 6.11. The molecular formula is C27H29ClN2O2. The van der Waals surface area contributed by atoms with Crippen molar-refractivity contribution in [3.8, 4) is 0 Å². The zero-order chi connectivity index (χ0) is 23.1. The van der Waals surface area contributed by atoms with Crippen LogP contribution in [0.2, 0.25) is 5.02 Å². The van der Waals surface area contributed by atoms with E-state index in [9.17, 15) is 9.59 Å². The van der Waals surface area contributed by atoms with Crippen molar-refractivity contribution in [1.29, 1.82) is 0 Å². The molecule has 1 N–H and O–H groups in total. The number of likely N-dealkylation sites (N-methyl/N-ethyl adjacent to an activating group) is 1. The number of hydrogen-bond acceptors (Lipinski definition) is 2. The number of rotatable bonds is 8. The van der Waals surface area contributed by atoms with Crippen LogP contribution in [0.5, 0.6) is 0 Å². The van der Waals surface area contributed by atoms with E-state index in [2.05, 4.69) is 5.32 Å². The molecule has 0 radical (unpaired) electrons. The molecule has 5 heteroatoms. The lowest BCUT2D eigenvalue weighted by Gasteiger charge is -2.31. The fraction of sp³-hybridized carbons (Fsp3) is 0.259. The molecule has 2 amide bonds. The minimum Gasteiger partial charge on any atom is -0.357 e. The number of carbonyl (C=O) groups excluding carboxylic acids is 2. The highest BCUT2D eigenvalue weighted by Crippen LogP contribution is 2.21. The molecule has 4 nitrogen and oxygen atoms in total. The van der Waals surface area contributed by atoms with Crippen molar-refractivity contribution in [1.82, 2.24) is 10.2 Å². The molecule has 3 aromatic carbocycles. The molecule has 0 aliphatic rings. The van der Waals surface area contributed by atoms with Gasteiger partial charge in [0, 0.05) is 25.0 Å². The molecule has 0 unspecified atom stereocenters. The zero-order valence-corrected chi connectivity index (χ0v) is 19.5. The Labute approximate surface area is 195 Å². The van der Waals surface area contributed by atoms with Crippen LogP contribution in [0.3, 0.4) is 0 Å². The number of carbonyl (C=O) groups is 2. The van der Waals surface area contributed by atoms with Crippen molar-refractivity contribution >= 4 is 23.4 Å². The summed E-state index contributed by atoms with van der Waals surface area (Å²) in [5.41, 5.74) is 5.05. The number of nitrogens with zero attached hydrogens (tertiary/aromatic N) is 1. The molecule has 0 heterocycles. The Bertz CT molecular complexity index is 1080. The van der Waals surface area contributed by atoms with Gasteiger partial charge in [-0.3, -0.25) is 9.59 Å². The van der Waals surface area contributed by atoms with E-state index in [1.807, 2.05) is 80.6 Å². The first-order chi connectivity index (χ1) is 15.4. The predicted molar refractivity (Wildman–Crippen MR) is 130 cm³/mol. The SMILES string of the molecule is CNC(=O)[C@H](Cc1ccccc1)N(Cc1ccccc1Cl)C(=O)Cc1ccc(C)c(C)c1. The van der Waals surface area contributed by atoms with Crippen molar-refractivity contribution < 1.29 is 9.59 Å². The molecule has 0 spiro atoms. The average molecular weight is 449 g/mol. The monoisotopic (exact) mass is 448 g/mol. The van der Waals surface area contributed by atoms with Crippen LogP contribution in [0.15, 0.2) is 72.8 Å². The summed E-state index contributed by atoms with van der Waals surface area (Å²) >= 11 is 6.41. The summed E-state index contributed by atoms with van der Waals surface area (Å²) in [6.07, 6.45) is 0.636. The molecule has 0 saturated carbocycles. The smallest absolute Gasteiger partial charge is 0.242 e. The number of halogens is 1. The maximum absolute atomic E-state index is 13.6. The number of amides is 2. The average Bonchev–Trinajstić information content (AvgIpc) is 2.80. The van der Waals surface area contributed by atoms with Crippen LogP contribution in [-0.2, 0) is 29.0 Å². The van der Waals surface area contributed by atoms with Gasteiger partial charge in [-0.05, 0) is 47.7 Å². The highest BCUT2D eigenvalue weighted by molar-refractivity contribution is 6.31. The Kier molecular flexibility index (Phi) is 8.07. The van der Waals surface area contributed by atoms with Gasteiger partial charge in [-0.25, -0.2) is 0 Å². The van der Waals surface area contributed by atoms with Gasteiger partial charge in [-0.1, -0.05) is 78.3 Å². The summed E-state index contributed by atoms with van der Waals surface area (Å²) < 4.78 is 0. The molecule has 3 rings (SSSR count). The van der Waals surface area contributed by atoms with Crippen LogP contribution in [0, 0.1) is 13.8 Å². The molecule has 0 aromatic heterocycles. The van der Waals surface area contributed by atoms with Gasteiger partial charge in [0.05, 0.1) is 6.42 Å². The zero-order valence-electron chi connectivity index (χ0n) is 18.8. The van der Waals surface area contributed by atoms with Crippen LogP contribution in [-0.4, -0.2) is 29.8 Å². The lowest BCUT2D eigenvalue weighted by atomic mass is 10.0. The quantitative estimate of drug-likeness (QED) is 0.533. The molecule has 3 aromatic rings. The van der Waals surface area contributed by atoms with Gasteiger partial charge >= 0.3 is 0 Å². The molecule has 0 aliphatic heterocycles. The largest absolute Gasteiger partial charge is 0.357 e. The lowest BCUT2D eigenvalue weighted by molar-refractivity contribution is -0.140. The summed E-state index contributed by atoms with van der Waals surface area (Å²) in [4.78, 5) is 28.2. The summed E-state index contributed by atoms with van der Waals surface area (Å²) in [5.74, 6) is -0.313. The number of nitrogens with one attached hydrogen (secondary N) is 1. The molecule has 0 fully saturated rings. The van der Waals surface area contributed by atoms with Crippen molar-refractivity contribution in [2.45, 2.75) is 39.3 Å². The second-order valence-electron chi connectivity index (χ2n) is 8.03. The van der Waals surface area contributed by atoms with Crippen molar-refractivity contribution in [2.75, 3.05) is 7.05 Å². The van der Waals surface area contributed by atoms with E-state index in [4.69, 9.17) is 11.6 Å². The molecular weight excluding hydrogens is 420 g/mol. The van der Waals surface area contributed by atoms with E-state index in [-0.39, 0.29) is 24.8 Å². The van der Waals surface area contributed by atoms with Gasteiger partial charge < -0.3 is 10.2 Å². The maximum Gasteiger partial charge on any atom is 0.242 e. The topological polar surface area (TPSA) is 49.4 Å². The van der Waals surface area contributed by atoms with E-state index in [1.165, 1.54) is 5.56 Å². The van der Waals surface area contributed by atoms with E-state index >= 15 is 0 Å². The van der Waals surface area contributed by atoms with Crippen LogP contribution >= 0.6 is 11.6 Å². The Morgan fingerprint density at radius 1 is 0.906 bits per heavy atom. The minimum absolute atomic E-state index is 0.113. The second-order valence-corrected chi connectivity index (χ2v) is 8.44. The first-order valence-electron chi connectivity index (χ1n) is 10.7. The Morgan fingerprint density at radius 3 is 2.25 bits per heavy atom. The van der Waals surface area contributed by atoms with Crippen molar-refractivity contribution in [3.05, 3.63) is 106 Å². The summed E-state index contributed by atoms with van der Waals surface area (Å²) in [5, 5.41) is 3.31. The Balaban J connectivity index is 1.96. The summed E-state index contributed by atoms with van der Waals surface area (Å²) in [6.45, 7) is 4.34. The first-order valence-corrected chi connectivity index (χ1v) is 11.1. The summed E-state index contributed by atoms with van der Waals surface area (Å²) in [6, 6.07) is 22.6. The van der Waals surface area contributed by atoms with Gasteiger partial charge in [0.1, 0.15) is 6.04 Å². The normalized spacial score (nSPS) is 11.6. The highest BCUT2D eigenvalue weighted by atomic mass is 35.5. The van der Waals surface area contributed by atoms with Crippen LogP contribution in [0.4, 0.5) is 0 Å². The van der Waals surface area contributed by atoms with E-state index in [1.54, 1.807) is 18.0 Å². The third kappa shape index (κ3) is 5.98. The lowest BCUT2D eigenvalue weighted by Crippen LogP contribution is -2.50. The first kappa shape index (κ1) is 23.6. The van der Waals surface area contributed by atoms with E-state index in [0.717, 1.165) is 22.3 Å². The fourth-order valence-corrected chi connectivity index (χ4v) is 3.92. The van der Waals surface area contributed by atoms with Gasteiger partial charge in [-0.2, -0.15) is 0 Å². The van der Waals surface area contributed by atoms with Gasteiger partial charge in [-0.15, -0.1) is 0 Å². The maximum atomic E-state index is 13.6. The molecule has 0 saturated heterocycles. The number of benzene rings is 3. The highest BCUT2D eigenvalue weighted by Gasteiger charge is 2.30. The summed E-state index contributed by atoms with van der Waals surface area (Å²) in [7, 11) is 1.60. The van der Waals surface area contributed by atoms with Crippen LogP contribution < -0.4 is 5.32 Å². The van der Waals surface area contributed by atoms with Gasteiger partial charge in [0.25, 0.3) is 0 Å². The molecule has 1 atom stereocenters. The number of hydrogen-bond donors (Lipinski definition) is 1. The van der Waals surface area contributed by atoms with Gasteiger partial charge in [0.15, 0.2) is 0 Å². The van der Waals surface area contributed by atoms with Crippen LogP contribution in [0.1, 0.15) is 27.8 Å². The fourth-order valence-electron chi connectivity index (χ4n) is 3.72. The minimum atomic E-state index is -0.655. The second kappa shape index (κ2) is 11.0.